The van der Waals surface area contributed by atoms with Crippen molar-refractivity contribution in [2.75, 3.05) is 13.1 Å². The van der Waals surface area contributed by atoms with E-state index in [1.165, 1.54) is 17.0 Å². The highest BCUT2D eigenvalue weighted by atomic mass is 19.4. The molecule has 1 amide bonds. The number of H-pyrrole nitrogens is 1. The third-order valence-electron chi connectivity index (χ3n) is 8.13. The summed E-state index contributed by atoms with van der Waals surface area (Å²) in [7, 11) is 0. The molecule has 2 fully saturated rings. The molecule has 7 nitrogen and oxygen atoms in total. The van der Waals surface area contributed by atoms with Crippen LogP contribution in [0, 0.1) is 0 Å². The van der Waals surface area contributed by atoms with Gasteiger partial charge >= 0.3 is 6.18 Å². The van der Waals surface area contributed by atoms with E-state index in [0.717, 1.165) is 5.56 Å². The predicted octanol–water partition coefficient (Wildman–Crippen LogP) is 0.849. The van der Waals surface area contributed by atoms with Crippen molar-refractivity contribution < 1.29 is 28.2 Å². The number of hydrogen-bond donors (Lipinski definition) is 4. The standard InChI is InChI=1S/C22H20F3N3O4/c23-22(24,25)9-28-8-19-7-20(14-4-11(29)1-2-13(14)19)6-15-10(5-21(20,32)18(19)28)3-12(16(26)30)17(31)27-15/h1-4,18,29,32H,5-9H2,(H2,26,30)(H,27,31)/t18-,19?,20+,21-/m1/s1. The molecular formula is C22H20F3N3O4. The monoisotopic (exact) mass is 447 g/mol. The van der Waals surface area contributed by atoms with Crippen LogP contribution < -0.4 is 11.3 Å². The summed E-state index contributed by atoms with van der Waals surface area (Å²) in [4.78, 5) is 28.0. The van der Waals surface area contributed by atoms with Crippen molar-refractivity contribution in [3.8, 4) is 5.75 Å². The summed E-state index contributed by atoms with van der Waals surface area (Å²) in [5, 5.41) is 22.3. The number of fused-ring (bicyclic) bond motifs is 3. The molecule has 10 heteroatoms. The minimum atomic E-state index is -4.41. The van der Waals surface area contributed by atoms with Crippen molar-refractivity contribution in [1.82, 2.24) is 9.88 Å². The van der Waals surface area contributed by atoms with Crippen LogP contribution in [0.25, 0.3) is 0 Å². The molecule has 1 saturated carbocycles. The fourth-order valence-corrected chi connectivity index (χ4v) is 7.32. The van der Waals surface area contributed by atoms with Gasteiger partial charge in [0.25, 0.3) is 11.5 Å². The number of carbonyl (C=O) groups is 1. The number of likely N-dealkylation sites (tertiary alicyclic amines) is 1. The molecule has 1 unspecified atom stereocenters. The Labute approximate surface area is 179 Å². The third-order valence-corrected chi connectivity index (χ3v) is 8.13. The zero-order chi connectivity index (χ0) is 22.8. The molecule has 3 aliphatic carbocycles. The minimum Gasteiger partial charge on any atom is -0.508 e. The highest BCUT2D eigenvalue weighted by molar-refractivity contribution is 5.92. The summed E-state index contributed by atoms with van der Waals surface area (Å²) in [6.07, 6.45) is -3.84. The number of nitrogens with zero attached hydrogens (tertiary/aromatic N) is 1. The van der Waals surface area contributed by atoms with E-state index in [9.17, 15) is 33.0 Å². The number of amides is 1. The van der Waals surface area contributed by atoms with Gasteiger partial charge in [0.15, 0.2) is 0 Å². The molecule has 1 saturated heterocycles. The second-order valence-electron chi connectivity index (χ2n) is 9.73. The van der Waals surface area contributed by atoms with Gasteiger partial charge in [0.1, 0.15) is 11.3 Å². The number of carbonyl (C=O) groups excluding carboxylic acids is 1. The topological polar surface area (TPSA) is 120 Å². The number of aromatic nitrogens is 1. The van der Waals surface area contributed by atoms with Crippen LogP contribution in [0.5, 0.6) is 5.75 Å². The Balaban J connectivity index is 1.56. The normalized spacial score (nSPS) is 34.3. The Bertz CT molecular complexity index is 1270. The number of nitrogens with two attached hydrogens (primary N) is 1. The third kappa shape index (κ3) is 2.14. The Morgan fingerprint density at radius 1 is 1.25 bits per heavy atom. The van der Waals surface area contributed by atoms with Gasteiger partial charge in [-0.2, -0.15) is 13.2 Å². The lowest BCUT2D eigenvalue weighted by molar-refractivity contribution is -0.200. The first kappa shape index (κ1) is 19.8. The zero-order valence-electron chi connectivity index (χ0n) is 16.8. The van der Waals surface area contributed by atoms with Crippen molar-refractivity contribution >= 4 is 5.91 Å². The van der Waals surface area contributed by atoms with Crippen LogP contribution in [0.2, 0.25) is 0 Å². The van der Waals surface area contributed by atoms with E-state index in [1.807, 2.05) is 0 Å². The van der Waals surface area contributed by atoms with Gasteiger partial charge in [-0.05, 0) is 41.3 Å². The van der Waals surface area contributed by atoms with Crippen molar-refractivity contribution in [3.63, 3.8) is 0 Å². The van der Waals surface area contributed by atoms with Crippen molar-refractivity contribution in [1.29, 1.82) is 0 Å². The molecule has 5 N–H and O–H groups in total. The number of nitrogens with one attached hydrogen (secondary N) is 1. The van der Waals surface area contributed by atoms with Crippen LogP contribution in [0.4, 0.5) is 13.2 Å². The van der Waals surface area contributed by atoms with Gasteiger partial charge in [-0.15, -0.1) is 0 Å². The van der Waals surface area contributed by atoms with E-state index in [4.69, 9.17) is 5.73 Å². The number of hydrogen-bond acceptors (Lipinski definition) is 5. The van der Waals surface area contributed by atoms with Gasteiger partial charge < -0.3 is 20.9 Å². The van der Waals surface area contributed by atoms with Crippen molar-refractivity contribution in [3.05, 3.63) is 62.6 Å². The number of rotatable bonds is 2. The first-order valence-electron chi connectivity index (χ1n) is 10.3. The highest BCUT2D eigenvalue weighted by Crippen LogP contribution is 2.73. The van der Waals surface area contributed by atoms with Gasteiger partial charge in [0.05, 0.1) is 18.2 Å². The molecule has 2 bridgehead atoms. The first-order valence-corrected chi connectivity index (χ1v) is 10.3. The fourth-order valence-electron chi connectivity index (χ4n) is 7.32. The largest absolute Gasteiger partial charge is 0.508 e. The van der Waals surface area contributed by atoms with Crippen molar-refractivity contribution in [2.45, 2.75) is 47.9 Å². The van der Waals surface area contributed by atoms with E-state index < -0.39 is 46.7 Å². The number of aliphatic hydroxyl groups is 1. The van der Waals surface area contributed by atoms with E-state index in [0.29, 0.717) is 23.2 Å². The van der Waals surface area contributed by atoms with Gasteiger partial charge in [0.2, 0.25) is 0 Å². The number of alkyl halides is 3. The summed E-state index contributed by atoms with van der Waals surface area (Å²) < 4.78 is 39.9. The maximum absolute atomic E-state index is 13.3. The Morgan fingerprint density at radius 2 is 2.00 bits per heavy atom. The molecule has 6 rings (SSSR count). The summed E-state index contributed by atoms with van der Waals surface area (Å²) in [6, 6.07) is 5.41. The fraction of sp³-hybridized carbons (Fsp3) is 0.455. The maximum atomic E-state index is 13.3. The lowest BCUT2D eigenvalue weighted by atomic mass is 9.55. The molecular weight excluding hydrogens is 427 g/mol. The molecule has 1 aromatic carbocycles. The average molecular weight is 447 g/mol. The van der Waals surface area contributed by atoms with Crippen LogP contribution in [-0.2, 0) is 23.7 Å². The van der Waals surface area contributed by atoms with E-state index in [-0.39, 0.29) is 30.7 Å². The summed E-state index contributed by atoms with van der Waals surface area (Å²) in [6.45, 7) is -0.978. The molecule has 1 aromatic heterocycles. The predicted molar refractivity (Wildman–Crippen MR) is 105 cm³/mol. The van der Waals surface area contributed by atoms with Crippen LogP contribution >= 0.6 is 0 Å². The lowest BCUT2D eigenvalue weighted by Gasteiger charge is -2.62. The molecule has 168 valence electrons. The number of halogens is 3. The number of aromatic amines is 1. The summed E-state index contributed by atoms with van der Waals surface area (Å²) in [5.74, 6) is -0.904. The number of pyridine rings is 1. The summed E-state index contributed by atoms with van der Waals surface area (Å²) >= 11 is 0. The number of primary amides is 1. The second kappa shape index (κ2) is 5.55. The molecule has 2 aromatic rings. The maximum Gasteiger partial charge on any atom is 0.401 e. The van der Waals surface area contributed by atoms with Crippen LogP contribution in [0.3, 0.4) is 0 Å². The highest BCUT2D eigenvalue weighted by Gasteiger charge is 2.81. The zero-order valence-corrected chi connectivity index (χ0v) is 16.8. The number of aromatic hydroxyl groups is 1. The second-order valence-corrected chi connectivity index (χ2v) is 9.73. The number of benzene rings is 1. The molecule has 4 aliphatic rings. The smallest absolute Gasteiger partial charge is 0.401 e. The van der Waals surface area contributed by atoms with E-state index in [1.54, 1.807) is 12.1 Å². The Hall–Kier alpha value is -2.85. The SMILES string of the molecule is NC(=O)c1cc2c([nH]c1=O)C[C@@]13CC4(CN(CC(F)(F)F)[C@H]4[C@]1(O)C2)c1ccc(O)cc13. The van der Waals surface area contributed by atoms with Crippen LogP contribution in [-0.4, -0.2) is 56.9 Å². The molecule has 2 heterocycles. The molecule has 1 aliphatic heterocycles. The quantitative estimate of drug-likeness (QED) is 0.544. The van der Waals surface area contributed by atoms with Gasteiger partial charge in [-0.3, -0.25) is 14.5 Å². The van der Waals surface area contributed by atoms with Crippen molar-refractivity contribution in [2.24, 2.45) is 5.73 Å². The van der Waals surface area contributed by atoms with Gasteiger partial charge in [-0.25, -0.2) is 0 Å². The minimum absolute atomic E-state index is 0.0100. The van der Waals surface area contributed by atoms with E-state index in [2.05, 4.69) is 4.98 Å². The van der Waals surface area contributed by atoms with E-state index >= 15 is 0 Å². The Morgan fingerprint density at radius 3 is 2.69 bits per heavy atom. The molecule has 4 atom stereocenters. The summed E-state index contributed by atoms with van der Waals surface area (Å²) in [5.41, 5.74) is 3.79. The first-order chi connectivity index (χ1) is 14.9. The van der Waals surface area contributed by atoms with Crippen LogP contribution in [0.1, 0.15) is 39.2 Å². The lowest BCUT2D eigenvalue weighted by Crippen LogP contribution is -2.76. The molecule has 32 heavy (non-hydrogen) atoms. The Kier molecular flexibility index (Phi) is 3.43. The molecule has 2 spiro atoms. The van der Waals surface area contributed by atoms with Gasteiger partial charge in [0, 0.05) is 35.9 Å². The number of phenolic OH excluding ortho intramolecular Hbond substituents is 1. The molecule has 0 radical (unpaired) electrons. The van der Waals surface area contributed by atoms with Gasteiger partial charge in [-0.1, -0.05) is 6.07 Å². The average Bonchev–Trinajstić information content (AvgIpc) is 3.02. The van der Waals surface area contributed by atoms with Crippen LogP contribution in [0.15, 0.2) is 29.1 Å². The number of phenols is 1.